The van der Waals surface area contributed by atoms with Gasteiger partial charge in [0.1, 0.15) is 43.2 Å². The maximum absolute atomic E-state index is 12.4. The molecular formula is C30H38O14. The maximum Gasteiger partial charge on any atom is 0.330 e. The Hall–Kier alpha value is -3.47. The molecule has 2 aliphatic rings. The molecule has 0 unspecified atom stereocenters. The topological polar surface area (TPSA) is 236 Å². The lowest BCUT2D eigenvalue weighted by atomic mass is 9.81. The number of aliphatic hydroxyl groups excluding tert-OH is 5. The molecule has 14 heteroatoms. The third-order valence-electron chi connectivity index (χ3n) is 7.76. The van der Waals surface area contributed by atoms with Crippen LogP contribution in [0.2, 0.25) is 0 Å². The van der Waals surface area contributed by atoms with E-state index < -0.39 is 73.6 Å². The third kappa shape index (κ3) is 7.97. The molecule has 14 nitrogen and oxygen atoms in total. The van der Waals surface area contributed by atoms with Crippen LogP contribution in [-0.2, 0) is 30.2 Å². The van der Waals surface area contributed by atoms with E-state index in [0.29, 0.717) is 11.1 Å². The quantitative estimate of drug-likeness (QED) is 0.0936. The number of aromatic hydroxyl groups is 4. The van der Waals surface area contributed by atoms with Gasteiger partial charge in [-0.2, -0.15) is 0 Å². The SMILES string of the molecule is C[C@@H]1C[C@@H](O[C@@H]2[C@@H](O)[C@H](OCCc3ccc(O)c(O)c3)O[C@H](COC(=O)/C=C/c3ccc(O)c(O)c3)[C@H]2O)[C@H](O)[C@H](O)[C@H]1O. The number of benzene rings is 2. The fourth-order valence-corrected chi connectivity index (χ4v) is 5.12. The minimum atomic E-state index is -1.60. The molecular weight excluding hydrogens is 584 g/mol. The van der Waals surface area contributed by atoms with Gasteiger partial charge in [0.15, 0.2) is 29.3 Å². The summed E-state index contributed by atoms with van der Waals surface area (Å²) in [4.78, 5) is 12.4. The Morgan fingerprint density at radius 2 is 1.55 bits per heavy atom. The lowest BCUT2D eigenvalue weighted by Gasteiger charge is -2.46. The first-order valence-corrected chi connectivity index (χ1v) is 14.1. The number of phenols is 4. The van der Waals surface area contributed by atoms with Crippen molar-refractivity contribution in [3.63, 3.8) is 0 Å². The van der Waals surface area contributed by atoms with Crippen LogP contribution in [0.25, 0.3) is 6.08 Å². The van der Waals surface area contributed by atoms with Crippen molar-refractivity contribution >= 4 is 12.0 Å². The van der Waals surface area contributed by atoms with E-state index in [1.54, 1.807) is 13.0 Å². The first-order chi connectivity index (χ1) is 20.8. The van der Waals surface area contributed by atoms with Crippen LogP contribution in [0.5, 0.6) is 23.0 Å². The Morgan fingerprint density at radius 1 is 0.864 bits per heavy atom. The minimum absolute atomic E-state index is 0.0442. The molecule has 0 amide bonds. The van der Waals surface area contributed by atoms with E-state index in [0.717, 1.165) is 6.08 Å². The second kappa shape index (κ2) is 14.5. The van der Waals surface area contributed by atoms with E-state index in [-0.39, 0.29) is 42.4 Å². The number of carbonyl (C=O) groups excluding carboxylic acids is 1. The number of esters is 1. The molecule has 0 spiro atoms. The number of ether oxygens (including phenoxy) is 4. The normalized spacial score (nSPS) is 32.5. The predicted octanol–water partition coefficient (Wildman–Crippen LogP) is -0.352. The van der Waals surface area contributed by atoms with E-state index in [1.807, 2.05) is 0 Å². The van der Waals surface area contributed by atoms with E-state index >= 15 is 0 Å². The largest absolute Gasteiger partial charge is 0.504 e. The van der Waals surface area contributed by atoms with Gasteiger partial charge in [0.2, 0.25) is 0 Å². The average Bonchev–Trinajstić information content (AvgIpc) is 2.99. The number of aliphatic hydroxyl groups is 5. The lowest BCUT2D eigenvalue weighted by molar-refractivity contribution is -0.320. The smallest absolute Gasteiger partial charge is 0.330 e. The zero-order valence-electron chi connectivity index (χ0n) is 23.8. The predicted molar refractivity (Wildman–Crippen MR) is 150 cm³/mol. The van der Waals surface area contributed by atoms with Gasteiger partial charge < -0.3 is 64.9 Å². The number of carbonyl (C=O) groups is 1. The van der Waals surface area contributed by atoms with Crippen LogP contribution in [-0.4, -0.2) is 120 Å². The Kier molecular flexibility index (Phi) is 11.0. The highest BCUT2D eigenvalue weighted by Gasteiger charge is 2.50. The Morgan fingerprint density at radius 3 is 2.23 bits per heavy atom. The van der Waals surface area contributed by atoms with Gasteiger partial charge in [-0.1, -0.05) is 19.1 Å². The van der Waals surface area contributed by atoms with Gasteiger partial charge >= 0.3 is 5.97 Å². The van der Waals surface area contributed by atoms with Gasteiger partial charge in [-0.3, -0.25) is 0 Å². The van der Waals surface area contributed by atoms with Crippen molar-refractivity contribution in [2.75, 3.05) is 13.2 Å². The lowest BCUT2D eigenvalue weighted by Crippen LogP contribution is -2.63. The van der Waals surface area contributed by atoms with E-state index in [2.05, 4.69) is 0 Å². The molecule has 10 atom stereocenters. The van der Waals surface area contributed by atoms with Gasteiger partial charge in [-0.15, -0.1) is 0 Å². The maximum atomic E-state index is 12.4. The summed E-state index contributed by atoms with van der Waals surface area (Å²) in [6, 6.07) is 8.14. The van der Waals surface area contributed by atoms with E-state index in [1.165, 1.54) is 36.4 Å². The van der Waals surface area contributed by atoms with Crippen molar-refractivity contribution in [3.8, 4) is 23.0 Å². The third-order valence-corrected chi connectivity index (χ3v) is 7.76. The van der Waals surface area contributed by atoms with Gasteiger partial charge in [-0.25, -0.2) is 4.79 Å². The zero-order valence-corrected chi connectivity index (χ0v) is 23.8. The van der Waals surface area contributed by atoms with Gasteiger partial charge in [0.05, 0.1) is 18.8 Å². The van der Waals surface area contributed by atoms with Crippen LogP contribution in [0.4, 0.5) is 0 Å². The summed E-state index contributed by atoms with van der Waals surface area (Å²) in [7, 11) is 0. The molecule has 242 valence electrons. The second-order valence-corrected chi connectivity index (χ2v) is 11.0. The molecule has 2 fully saturated rings. The van der Waals surface area contributed by atoms with E-state index in [9.17, 15) is 50.8 Å². The second-order valence-electron chi connectivity index (χ2n) is 11.0. The monoisotopic (exact) mass is 622 g/mol. The Bertz CT molecular complexity index is 1300. The fourth-order valence-electron chi connectivity index (χ4n) is 5.12. The molecule has 2 aromatic carbocycles. The summed E-state index contributed by atoms with van der Waals surface area (Å²) in [5.74, 6) is -2.63. The molecule has 4 rings (SSSR count). The molecule has 0 aromatic heterocycles. The number of hydrogen-bond acceptors (Lipinski definition) is 14. The van der Waals surface area contributed by atoms with Crippen LogP contribution >= 0.6 is 0 Å². The highest BCUT2D eigenvalue weighted by atomic mass is 16.7. The molecule has 0 bridgehead atoms. The minimum Gasteiger partial charge on any atom is -0.504 e. The van der Waals surface area contributed by atoms with Crippen LogP contribution in [0.3, 0.4) is 0 Å². The molecule has 2 aromatic rings. The molecule has 9 N–H and O–H groups in total. The number of hydrogen-bond donors (Lipinski definition) is 9. The van der Waals surface area contributed by atoms with Crippen LogP contribution in [0, 0.1) is 5.92 Å². The molecule has 0 radical (unpaired) electrons. The standard InChI is InChI=1S/C30H38O14/c1-14-10-21(25(37)27(39)24(14)36)43-29-26(38)22(13-42-23(35)7-4-15-2-5-17(31)19(33)11-15)44-30(28(29)40)41-9-8-16-3-6-18(32)20(34)12-16/h2-7,11-12,14,21-22,24-34,36-40H,8-10,13H2,1H3/b7-4+/t14-,21-,22-,24+,25+,26-,27-,28-,29+,30-/m1/s1. The van der Waals surface area contributed by atoms with Crippen LogP contribution in [0.1, 0.15) is 24.5 Å². The van der Waals surface area contributed by atoms with Crippen molar-refractivity contribution in [2.45, 2.75) is 74.9 Å². The summed E-state index contributed by atoms with van der Waals surface area (Å²) < 4.78 is 22.6. The van der Waals surface area contributed by atoms with Gasteiger partial charge in [-0.05, 0) is 60.2 Å². The van der Waals surface area contributed by atoms with Crippen molar-refractivity contribution in [1.29, 1.82) is 0 Å². The van der Waals surface area contributed by atoms with Crippen molar-refractivity contribution in [2.24, 2.45) is 5.92 Å². The van der Waals surface area contributed by atoms with Gasteiger partial charge in [0, 0.05) is 6.08 Å². The Balaban J connectivity index is 1.44. The van der Waals surface area contributed by atoms with Crippen LogP contribution < -0.4 is 0 Å². The van der Waals surface area contributed by atoms with Gasteiger partial charge in [0.25, 0.3) is 0 Å². The number of phenolic OH excluding ortho intramolecular Hbond substituents is 4. The van der Waals surface area contributed by atoms with Crippen molar-refractivity contribution < 1.29 is 69.7 Å². The summed E-state index contributed by atoms with van der Waals surface area (Å²) in [6.07, 6.45) is -9.90. The summed E-state index contributed by atoms with van der Waals surface area (Å²) >= 11 is 0. The molecule has 1 saturated carbocycles. The van der Waals surface area contributed by atoms with Crippen molar-refractivity contribution in [1.82, 2.24) is 0 Å². The summed E-state index contributed by atoms with van der Waals surface area (Å²) in [5.41, 5.74) is 0.996. The first-order valence-electron chi connectivity index (χ1n) is 14.1. The van der Waals surface area contributed by atoms with Crippen LogP contribution in [0.15, 0.2) is 42.5 Å². The molecule has 1 aliphatic carbocycles. The fraction of sp³-hybridized carbons (Fsp3) is 0.500. The van der Waals surface area contributed by atoms with Crippen molar-refractivity contribution in [3.05, 3.63) is 53.6 Å². The highest BCUT2D eigenvalue weighted by Crippen LogP contribution is 2.33. The highest BCUT2D eigenvalue weighted by molar-refractivity contribution is 5.87. The average molecular weight is 623 g/mol. The molecule has 1 aliphatic heterocycles. The zero-order chi connectivity index (χ0) is 32.1. The Labute approximate surface area is 252 Å². The van der Waals surface area contributed by atoms with E-state index in [4.69, 9.17) is 18.9 Å². The first kappa shape index (κ1) is 33.4. The summed E-state index contributed by atoms with van der Waals surface area (Å²) in [6.45, 7) is 1.10. The summed E-state index contributed by atoms with van der Waals surface area (Å²) in [5, 5.41) is 91.3. The number of rotatable bonds is 10. The molecule has 1 saturated heterocycles. The molecule has 44 heavy (non-hydrogen) atoms. The molecule has 1 heterocycles.